The summed E-state index contributed by atoms with van der Waals surface area (Å²) >= 11 is 1.72. The number of thiazole rings is 1. The van der Waals surface area contributed by atoms with Gasteiger partial charge < -0.3 is 10.3 Å². The van der Waals surface area contributed by atoms with Crippen LogP contribution in [0.5, 0.6) is 0 Å². The molecule has 0 radical (unpaired) electrons. The number of hydrogen-bond acceptors (Lipinski definition) is 3. The molecule has 2 aromatic heterocycles. The fraction of sp³-hybridized carbons (Fsp3) is 0.267. The zero-order valence-corrected chi connectivity index (χ0v) is 11.9. The van der Waals surface area contributed by atoms with Gasteiger partial charge in [0.05, 0.1) is 6.04 Å². The van der Waals surface area contributed by atoms with E-state index in [9.17, 15) is 0 Å². The van der Waals surface area contributed by atoms with E-state index in [-0.39, 0.29) is 6.04 Å². The molecule has 0 aliphatic carbocycles. The van der Waals surface area contributed by atoms with E-state index in [1.54, 1.807) is 11.3 Å². The first-order valence-electron chi connectivity index (χ1n) is 6.44. The summed E-state index contributed by atoms with van der Waals surface area (Å²) in [6, 6.07) is 8.67. The average Bonchev–Trinajstić information content (AvgIpc) is 3.02. The monoisotopic (exact) mass is 271 g/mol. The van der Waals surface area contributed by atoms with Crippen molar-refractivity contribution in [3.05, 3.63) is 52.1 Å². The molecule has 1 atom stereocenters. The van der Waals surface area contributed by atoms with Crippen molar-refractivity contribution in [2.75, 3.05) is 0 Å². The van der Waals surface area contributed by atoms with Gasteiger partial charge in [-0.15, -0.1) is 11.3 Å². The third kappa shape index (κ3) is 2.55. The molecule has 0 bridgehead atoms. The van der Waals surface area contributed by atoms with Crippen molar-refractivity contribution in [1.29, 1.82) is 0 Å². The smallest absolute Gasteiger partial charge is 0.110 e. The van der Waals surface area contributed by atoms with E-state index in [1.165, 1.54) is 16.5 Å². The number of benzene rings is 1. The van der Waals surface area contributed by atoms with Crippen molar-refractivity contribution in [3.63, 3.8) is 0 Å². The van der Waals surface area contributed by atoms with Crippen molar-refractivity contribution in [2.24, 2.45) is 0 Å². The minimum absolute atomic E-state index is 0.285. The molecule has 4 heteroatoms. The van der Waals surface area contributed by atoms with E-state index in [0.29, 0.717) is 0 Å². The lowest BCUT2D eigenvalue weighted by Crippen LogP contribution is -2.17. The molecular weight excluding hydrogens is 254 g/mol. The molecule has 3 nitrogen and oxygen atoms in total. The van der Waals surface area contributed by atoms with E-state index in [1.807, 2.05) is 6.92 Å². The van der Waals surface area contributed by atoms with Crippen molar-refractivity contribution in [2.45, 2.75) is 26.4 Å². The van der Waals surface area contributed by atoms with Gasteiger partial charge in [0, 0.05) is 34.7 Å². The zero-order valence-electron chi connectivity index (χ0n) is 11.1. The number of rotatable bonds is 4. The van der Waals surface area contributed by atoms with Crippen LogP contribution >= 0.6 is 11.3 Å². The molecule has 0 spiro atoms. The number of aromatic nitrogens is 2. The summed E-state index contributed by atoms with van der Waals surface area (Å²) in [6.07, 6.45) is 2.08. The molecule has 1 unspecified atom stereocenters. The predicted molar refractivity (Wildman–Crippen MR) is 80.4 cm³/mol. The first kappa shape index (κ1) is 12.4. The average molecular weight is 271 g/mol. The van der Waals surface area contributed by atoms with Gasteiger partial charge in [0.25, 0.3) is 0 Å². The van der Waals surface area contributed by atoms with Crippen LogP contribution in [0.2, 0.25) is 0 Å². The van der Waals surface area contributed by atoms with E-state index in [0.717, 1.165) is 17.2 Å². The van der Waals surface area contributed by atoms with Crippen molar-refractivity contribution in [3.8, 4) is 0 Å². The highest BCUT2D eigenvalue weighted by Crippen LogP contribution is 2.20. The predicted octanol–water partition coefficient (Wildman–Crippen LogP) is 3.78. The van der Waals surface area contributed by atoms with Crippen molar-refractivity contribution < 1.29 is 0 Å². The highest BCUT2D eigenvalue weighted by atomic mass is 32.1. The Labute approximate surface area is 116 Å². The molecule has 0 saturated heterocycles. The van der Waals surface area contributed by atoms with Crippen LogP contribution < -0.4 is 5.32 Å². The molecule has 0 aliphatic heterocycles. The Morgan fingerprint density at radius 3 is 3.00 bits per heavy atom. The van der Waals surface area contributed by atoms with Gasteiger partial charge in [-0.3, -0.25) is 0 Å². The first-order chi connectivity index (χ1) is 9.24. The summed E-state index contributed by atoms with van der Waals surface area (Å²) in [5.41, 5.74) is 3.59. The molecule has 0 aliphatic rings. The number of H-pyrrole nitrogens is 1. The highest BCUT2D eigenvalue weighted by molar-refractivity contribution is 7.09. The van der Waals surface area contributed by atoms with Crippen LogP contribution in [0.1, 0.15) is 29.2 Å². The third-order valence-corrected chi connectivity index (χ3v) is 4.43. The van der Waals surface area contributed by atoms with E-state index >= 15 is 0 Å². The van der Waals surface area contributed by atoms with Gasteiger partial charge in [-0.25, -0.2) is 4.98 Å². The molecule has 1 aromatic carbocycles. The van der Waals surface area contributed by atoms with Crippen LogP contribution in [0.15, 0.2) is 35.8 Å². The number of para-hydroxylation sites is 1. The number of aryl methyl sites for hydroxylation is 1. The quantitative estimate of drug-likeness (QED) is 0.758. The Kier molecular flexibility index (Phi) is 3.36. The maximum atomic E-state index is 4.52. The Morgan fingerprint density at radius 1 is 1.37 bits per heavy atom. The van der Waals surface area contributed by atoms with Crippen LogP contribution in [0.4, 0.5) is 0 Å². The van der Waals surface area contributed by atoms with Gasteiger partial charge in [-0.1, -0.05) is 18.2 Å². The Morgan fingerprint density at radius 2 is 2.21 bits per heavy atom. The van der Waals surface area contributed by atoms with Gasteiger partial charge in [0.2, 0.25) is 0 Å². The summed E-state index contributed by atoms with van der Waals surface area (Å²) in [5.74, 6) is 0. The first-order valence-corrected chi connectivity index (χ1v) is 7.32. The van der Waals surface area contributed by atoms with Gasteiger partial charge in [-0.05, 0) is 25.5 Å². The van der Waals surface area contributed by atoms with Gasteiger partial charge in [0.15, 0.2) is 0 Å². The Hall–Kier alpha value is -1.65. The summed E-state index contributed by atoms with van der Waals surface area (Å²) < 4.78 is 0. The molecule has 3 aromatic rings. The zero-order chi connectivity index (χ0) is 13.2. The Balaban J connectivity index is 1.72. The number of nitrogens with one attached hydrogen (secondary N) is 2. The van der Waals surface area contributed by atoms with Gasteiger partial charge in [0.1, 0.15) is 5.01 Å². The normalized spacial score (nSPS) is 12.9. The standard InChI is InChI=1S/C15H17N3S/c1-10-9-19-15(18-10)11(2)16-7-12-8-17-14-6-4-3-5-13(12)14/h3-6,8-9,11,16-17H,7H2,1-2H3. The second-order valence-corrected chi connectivity index (χ2v) is 5.68. The molecular formula is C15H17N3S. The van der Waals surface area contributed by atoms with Crippen LogP contribution in [-0.4, -0.2) is 9.97 Å². The molecule has 0 fully saturated rings. The summed E-state index contributed by atoms with van der Waals surface area (Å²) in [7, 11) is 0. The van der Waals surface area contributed by atoms with Crippen molar-refractivity contribution >= 4 is 22.2 Å². The molecule has 0 saturated carbocycles. The van der Waals surface area contributed by atoms with Gasteiger partial charge >= 0.3 is 0 Å². The highest BCUT2D eigenvalue weighted by Gasteiger charge is 2.10. The maximum absolute atomic E-state index is 4.52. The molecule has 98 valence electrons. The Bertz CT molecular complexity index is 683. The van der Waals surface area contributed by atoms with Crippen LogP contribution in [0, 0.1) is 6.92 Å². The number of nitrogens with zero attached hydrogens (tertiary/aromatic N) is 1. The van der Waals surface area contributed by atoms with E-state index in [4.69, 9.17) is 0 Å². The summed E-state index contributed by atoms with van der Waals surface area (Å²) in [4.78, 5) is 7.82. The minimum Gasteiger partial charge on any atom is -0.361 e. The molecule has 3 rings (SSSR count). The second kappa shape index (κ2) is 5.15. The fourth-order valence-electron chi connectivity index (χ4n) is 2.20. The molecule has 2 N–H and O–H groups in total. The SMILES string of the molecule is Cc1csc(C(C)NCc2c[nH]c3ccccc23)n1. The molecule has 19 heavy (non-hydrogen) atoms. The third-order valence-electron chi connectivity index (χ3n) is 3.28. The van der Waals surface area contributed by atoms with Crippen molar-refractivity contribution in [1.82, 2.24) is 15.3 Å². The van der Waals surface area contributed by atoms with E-state index in [2.05, 4.69) is 58.1 Å². The van der Waals surface area contributed by atoms with Crippen LogP contribution in [0.25, 0.3) is 10.9 Å². The fourth-order valence-corrected chi connectivity index (χ4v) is 3.03. The maximum Gasteiger partial charge on any atom is 0.110 e. The number of fused-ring (bicyclic) bond motifs is 1. The van der Waals surface area contributed by atoms with Gasteiger partial charge in [-0.2, -0.15) is 0 Å². The van der Waals surface area contributed by atoms with E-state index < -0.39 is 0 Å². The number of aromatic amines is 1. The lowest BCUT2D eigenvalue weighted by atomic mass is 10.1. The lowest BCUT2D eigenvalue weighted by molar-refractivity contribution is 0.573. The number of hydrogen-bond donors (Lipinski definition) is 2. The van der Waals surface area contributed by atoms with Crippen LogP contribution in [-0.2, 0) is 6.54 Å². The lowest BCUT2D eigenvalue weighted by Gasteiger charge is -2.10. The molecule has 0 amide bonds. The summed E-state index contributed by atoms with van der Waals surface area (Å²) in [5, 5.41) is 8.07. The molecule has 2 heterocycles. The second-order valence-electron chi connectivity index (χ2n) is 4.79. The largest absolute Gasteiger partial charge is 0.361 e. The van der Waals surface area contributed by atoms with Crippen LogP contribution in [0.3, 0.4) is 0 Å². The summed E-state index contributed by atoms with van der Waals surface area (Å²) in [6.45, 7) is 5.04. The topological polar surface area (TPSA) is 40.7 Å². The minimum atomic E-state index is 0.285.